The van der Waals surface area contributed by atoms with Gasteiger partial charge in [-0.15, -0.1) is 0 Å². The number of ether oxygens (including phenoxy) is 1. The Hall–Kier alpha value is -0.570. The third kappa shape index (κ3) is 9.73. The first kappa shape index (κ1) is 14.4. The Morgan fingerprint density at radius 1 is 1.33 bits per heavy atom. The molecule has 15 heavy (non-hydrogen) atoms. The molecule has 0 bridgehead atoms. The Balaban J connectivity index is 3.31. The van der Waals surface area contributed by atoms with E-state index in [9.17, 15) is 9.90 Å². The van der Waals surface area contributed by atoms with Crippen LogP contribution in [0.1, 0.15) is 52.9 Å². The van der Waals surface area contributed by atoms with Crippen molar-refractivity contribution in [3.63, 3.8) is 0 Å². The molecule has 0 aromatic rings. The van der Waals surface area contributed by atoms with Gasteiger partial charge in [-0.2, -0.15) is 0 Å². The third-order valence-electron chi connectivity index (χ3n) is 2.31. The topological polar surface area (TPSA) is 46.5 Å². The molecule has 90 valence electrons. The van der Waals surface area contributed by atoms with Gasteiger partial charge in [0.2, 0.25) is 0 Å². The minimum atomic E-state index is -0.548. The van der Waals surface area contributed by atoms with Crippen molar-refractivity contribution >= 4 is 5.97 Å². The molecular formula is C12H24O3. The van der Waals surface area contributed by atoms with Gasteiger partial charge in [-0.3, -0.25) is 4.79 Å². The monoisotopic (exact) mass is 216 g/mol. The Morgan fingerprint density at radius 2 is 2.00 bits per heavy atom. The summed E-state index contributed by atoms with van der Waals surface area (Å²) in [5, 5.41) is 9.20. The number of esters is 1. The molecule has 0 aliphatic heterocycles. The molecule has 1 unspecified atom stereocenters. The predicted molar refractivity (Wildman–Crippen MR) is 60.6 cm³/mol. The summed E-state index contributed by atoms with van der Waals surface area (Å²) >= 11 is 0. The normalized spacial score (nSPS) is 12.9. The van der Waals surface area contributed by atoms with E-state index in [1.807, 2.05) is 6.92 Å². The number of unbranched alkanes of at least 4 members (excludes halogenated alkanes) is 1. The molecule has 0 amide bonds. The standard InChI is InChI=1S/C12H24O3/c1-4-11(13)9-12(14)15-8-6-5-7-10(2)3/h10-11,13H,4-9H2,1-3H3. The van der Waals surface area contributed by atoms with E-state index in [0.29, 0.717) is 18.9 Å². The zero-order valence-electron chi connectivity index (χ0n) is 10.2. The number of hydrogen-bond acceptors (Lipinski definition) is 3. The number of carbonyl (C=O) groups excluding carboxylic acids is 1. The number of aliphatic hydroxyl groups is 1. The maximum Gasteiger partial charge on any atom is 0.308 e. The minimum Gasteiger partial charge on any atom is -0.466 e. The summed E-state index contributed by atoms with van der Waals surface area (Å²) in [6.45, 7) is 6.70. The van der Waals surface area contributed by atoms with Crippen LogP contribution in [0.4, 0.5) is 0 Å². The van der Waals surface area contributed by atoms with E-state index in [-0.39, 0.29) is 12.4 Å². The van der Waals surface area contributed by atoms with E-state index < -0.39 is 6.10 Å². The highest BCUT2D eigenvalue weighted by Gasteiger charge is 2.09. The summed E-state index contributed by atoms with van der Waals surface area (Å²) in [5.74, 6) is 0.427. The molecule has 0 spiro atoms. The SMILES string of the molecule is CCC(O)CC(=O)OCCCCC(C)C. The van der Waals surface area contributed by atoms with Crippen molar-refractivity contribution in [2.75, 3.05) is 6.61 Å². The number of aliphatic hydroxyl groups excluding tert-OH is 1. The van der Waals surface area contributed by atoms with E-state index in [2.05, 4.69) is 13.8 Å². The van der Waals surface area contributed by atoms with Crippen LogP contribution in [0.15, 0.2) is 0 Å². The number of rotatable bonds is 8. The van der Waals surface area contributed by atoms with Gasteiger partial charge >= 0.3 is 5.97 Å². The second-order valence-electron chi connectivity index (χ2n) is 4.38. The average Bonchev–Trinajstić information content (AvgIpc) is 2.16. The Morgan fingerprint density at radius 3 is 2.53 bits per heavy atom. The van der Waals surface area contributed by atoms with Crippen LogP contribution in [-0.4, -0.2) is 23.8 Å². The van der Waals surface area contributed by atoms with Gasteiger partial charge in [-0.1, -0.05) is 27.2 Å². The van der Waals surface area contributed by atoms with Crippen molar-refractivity contribution in [3.8, 4) is 0 Å². The van der Waals surface area contributed by atoms with Crippen molar-refractivity contribution in [1.29, 1.82) is 0 Å². The van der Waals surface area contributed by atoms with Gasteiger partial charge in [0.25, 0.3) is 0 Å². The van der Waals surface area contributed by atoms with Crippen molar-refractivity contribution < 1.29 is 14.6 Å². The highest BCUT2D eigenvalue weighted by Crippen LogP contribution is 2.06. The van der Waals surface area contributed by atoms with Crippen LogP contribution in [0.3, 0.4) is 0 Å². The lowest BCUT2D eigenvalue weighted by molar-refractivity contribution is -0.146. The predicted octanol–water partition coefficient (Wildman–Crippen LogP) is 2.52. The molecule has 0 aromatic carbocycles. The molecular weight excluding hydrogens is 192 g/mol. The molecule has 0 fully saturated rings. The Bertz CT molecular complexity index is 166. The smallest absolute Gasteiger partial charge is 0.308 e. The first-order chi connectivity index (χ1) is 7.06. The highest BCUT2D eigenvalue weighted by molar-refractivity contribution is 5.69. The lowest BCUT2D eigenvalue weighted by Crippen LogP contribution is -2.15. The summed E-state index contributed by atoms with van der Waals surface area (Å²) < 4.78 is 5.00. The van der Waals surface area contributed by atoms with E-state index in [0.717, 1.165) is 12.8 Å². The van der Waals surface area contributed by atoms with Crippen LogP contribution in [0.25, 0.3) is 0 Å². The highest BCUT2D eigenvalue weighted by atomic mass is 16.5. The lowest BCUT2D eigenvalue weighted by atomic mass is 10.1. The number of hydrogen-bond donors (Lipinski definition) is 1. The van der Waals surface area contributed by atoms with Gasteiger partial charge in [0, 0.05) is 0 Å². The van der Waals surface area contributed by atoms with Crippen LogP contribution >= 0.6 is 0 Å². The Kier molecular flexibility index (Phi) is 8.38. The van der Waals surface area contributed by atoms with Gasteiger partial charge in [0.1, 0.15) is 0 Å². The van der Waals surface area contributed by atoms with Crippen LogP contribution in [-0.2, 0) is 9.53 Å². The molecule has 1 atom stereocenters. The molecule has 1 N–H and O–H groups in total. The summed E-state index contributed by atoms with van der Waals surface area (Å²) in [6, 6.07) is 0. The van der Waals surface area contributed by atoms with Crippen LogP contribution in [0.5, 0.6) is 0 Å². The molecule has 0 saturated heterocycles. The molecule has 0 aliphatic carbocycles. The Labute approximate surface area is 92.8 Å². The number of carbonyl (C=O) groups is 1. The van der Waals surface area contributed by atoms with E-state index in [1.165, 1.54) is 6.42 Å². The summed E-state index contributed by atoms with van der Waals surface area (Å²) in [5.41, 5.74) is 0. The van der Waals surface area contributed by atoms with Gasteiger partial charge < -0.3 is 9.84 Å². The van der Waals surface area contributed by atoms with Gasteiger partial charge in [-0.05, 0) is 25.2 Å². The molecule has 0 rings (SSSR count). The first-order valence-electron chi connectivity index (χ1n) is 5.90. The first-order valence-corrected chi connectivity index (χ1v) is 5.90. The fourth-order valence-corrected chi connectivity index (χ4v) is 1.24. The van der Waals surface area contributed by atoms with E-state index >= 15 is 0 Å². The van der Waals surface area contributed by atoms with Crippen LogP contribution < -0.4 is 0 Å². The van der Waals surface area contributed by atoms with E-state index in [4.69, 9.17) is 4.74 Å². The molecule has 3 heteroatoms. The van der Waals surface area contributed by atoms with Crippen molar-refractivity contribution in [1.82, 2.24) is 0 Å². The van der Waals surface area contributed by atoms with Crippen LogP contribution in [0, 0.1) is 5.92 Å². The summed E-state index contributed by atoms with van der Waals surface area (Å²) in [7, 11) is 0. The third-order valence-corrected chi connectivity index (χ3v) is 2.31. The van der Waals surface area contributed by atoms with Gasteiger partial charge in [0.05, 0.1) is 19.1 Å². The maximum atomic E-state index is 11.1. The van der Waals surface area contributed by atoms with E-state index in [1.54, 1.807) is 0 Å². The summed E-state index contributed by atoms with van der Waals surface area (Å²) in [6.07, 6.45) is 3.37. The average molecular weight is 216 g/mol. The maximum absolute atomic E-state index is 11.1. The molecule has 0 radical (unpaired) electrons. The van der Waals surface area contributed by atoms with Gasteiger partial charge in [0.15, 0.2) is 0 Å². The molecule has 0 saturated carbocycles. The fourth-order valence-electron chi connectivity index (χ4n) is 1.24. The molecule has 0 aromatic heterocycles. The second kappa shape index (κ2) is 8.72. The quantitative estimate of drug-likeness (QED) is 0.501. The van der Waals surface area contributed by atoms with Gasteiger partial charge in [-0.25, -0.2) is 0 Å². The van der Waals surface area contributed by atoms with Crippen molar-refractivity contribution in [3.05, 3.63) is 0 Å². The largest absolute Gasteiger partial charge is 0.466 e. The van der Waals surface area contributed by atoms with Crippen molar-refractivity contribution in [2.45, 2.75) is 59.0 Å². The summed E-state index contributed by atoms with van der Waals surface area (Å²) in [4.78, 5) is 11.1. The van der Waals surface area contributed by atoms with Crippen LogP contribution in [0.2, 0.25) is 0 Å². The molecule has 0 aliphatic rings. The molecule has 3 nitrogen and oxygen atoms in total. The molecule has 0 heterocycles. The lowest BCUT2D eigenvalue weighted by Gasteiger charge is -2.08. The second-order valence-corrected chi connectivity index (χ2v) is 4.38. The zero-order valence-corrected chi connectivity index (χ0v) is 10.2. The zero-order chi connectivity index (χ0) is 11.7. The fraction of sp³-hybridized carbons (Fsp3) is 0.917. The van der Waals surface area contributed by atoms with Crippen molar-refractivity contribution in [2.24, 2.45) is 5.92 Å². The minimum absolute atomic E-state index is 0.126.